The molecule has 1 unspecified atom stereocenters. The van der Waals surface area contributed by atoms with Crippen molar-refractivity contribution in [3.8, 4) is 0 Å². The molecule has 29 heavy (non-hydrogen) atoms. The van der Waals surface area contributed by atoms with Crippen molar-refractivity contribution in [3.63, 3.8) is 0 Å². The van der Waals surface area contributed by atoms with Gasteiger partial charge in [0.25, 0.3) is 15.9 Å². The first-order valence-corrected chi connectivity index (χ1v) is 12.6. The number of fused-ring (bicyclic) bond motifs is 1. The quantitative estimate of drug-likeness (QED) is 0.615. The third kappa shape index (κ3) is 3.84. The van der Waals surface area contributed by atoms with Crippen molar-refractivity contribution < 1.29 is 13.2 Å². The number of piperidine rings is 1. The van der Waals surface area contributed by atoms with E-state index < -0.39 is 15.9 Å². The number of sulfonamides is 1. The highest BCUT2D eigenvalue weighted by atomic mass is 32.2. The van der Waals surface area contributed by atoms with E-state index in [4.69, 9.17) is 0 Å². The average Bonchev–Trinajstić information content (AvgIpc) is 3.31. The van der Waals surface area contributed by atoms with E-state index in [0.29, 0.717) is 28.4 Å². The number of carbonyl (C=O) groups is 1. The lowest BCUT2D eigenvalue weighted by Crippen LogP contribution is -2.42. The number of hydrogen-bond donors (Lipinski definition) is 0. The first kappa shape index (κ1) is 20.5. The van der Waals surface area contributed by atoms with E-state index in [2.05, 4.69) is 31.0 Å². The van der Waals surface area contributed by atoms with E-state index in [9.17, 15) is 13.2 Å². The lowest BCUT2D eigenvalue weighted by atomic mass is 9.99. The van der Waals surface area contributed by atoms with Crippen molar-refractivity contribution in [1.29, 1.82) is 0 Å². The molecule has 0 radical (unpaired) electrons. The van der Waals surface area contributed by atoms with Crippen LogP contribution in [0, 0.1) is 19.8 Å². The van der Waals surface area contributed by atoms with Crippen LogP contribution in [0.2, 0.25) is 0 Å². The van der Waals surface area contributed by atoms with E-state index in [1.54, 1.807) is 17.5 Å². The van der Waals surface area contributed by atoms with Gasteiger partial charge in [0.15, 0.2) is 4.80 Å². The Morgan fingerprint density at radius 2 is 2.07 bits per heavy atom. The van der Waals surface area contributed by atoms with Gasteiger partial charge in [0.1, 0.15) is 4.21 Å². The Balaban J connectivity index is 1.63. The zero-order valence-electron chi connectivity index (χ0n) is 16.6. The van der Waals surface area contributed by atoms with Gasteiger partial charge in [-0.05, 0) is 55.3 Å². The normalized spacial score (nSPS) is 19.1. The predicted octanol–water partition coefficient (Wildman–Crippen LogP) is 3.45. The number of amides is 1. The minimum Gasteiger partial charge on any atom is -0.319 e. The number of aryl methyl sites for hydroxylation is 3. The minimum atomic E-state index is -3.54. The van der Waals surface area contributed by atoms with Gasteiger partial charge in [-0.15, -0.1) is 11.3 Å². The van der Waals surface area contributed by atoms with Crippen LogP contribution in [0.25, 0.3) is 10.2 Å². The SMILES string of the molecule is Cc1cc(C)c2c(c1)sc(=NC(=O)C1CCCN(S(=O)(=O)c3cccs3)C1)n2C. The fourth-order valence-electron chi connectivity index (χ4n) is 3.87. The summed E-state index contributed by atoms with van der Waals surface area (Å²) in [6.45, 7) is 4.75. The van der Waals surface area contributed by atoms with E-state index in [-0.39, 0.29) is 12.5 Å². The number of benzene rings is 1. The van der Waals surface area contributed by atoms with Gasteiger partial charge in [0.05, 0.1) is 16.1 Å². The Morgan fingerprint density at radius 3 is 2.79 bits per heavy atom. The van der Waals surface area contributed by atoms with E-state index in [1.165, 1.54) is 32.5 Å². The summed E-state index contributed by atoms with van der Waals surface area (Å²) in [4.78, 5) is 18.0. The summed E-state index contributed by atoms with van der Waals surface area (Å²) in [7, 11) is -1.62. The molecule has 1 fully saturated rings. The maximum absolute atomic E-state index is 12.9. The van der Waals surface area contributed by atoms with Gasteiger partial charge in [-0.25, -0.2) is 8.42 Å². The van der Waals surface area contributed by atoms with E-state index in [0.717, 1.165) is 15.8 Å². The summed E-state index contributed by atoms with van der Waals surface area (Å²) in [5, 5.41) is 1.75. The van der Waals surface area contributed by atoms with Gasteiger partial charge < -0.3 is 4.57 Å². The average molecular weight is 450 g/mol. The zero-order valence-corrected chi connectivity index (χ0v) is 19.0. The molecule has 0 bridgehead atoms. The van der Waals surface area contributed by atoms with Crippen LogP contribution in [0.3, 0.4) is 0 Å². The Kier molecular flexibility index (Phi) is 5.50. The summed E-state index contributed by atoms with van der Waals surface area (Å²) in [5.74, 6) is -0.654. The number of nitrogens with zero attached hydrogens (tertiary/aromatic N) is 3. The molecule has 1 saturated heterocycles. The summed E-state index contributed by atoms with van der Waals surface area (Å²) in [5.41, 5.74) is 3.41. The maximum Gasteiger partial charge on any atom is 0.252 e. The molecule has 1 aromatic carbocycles. The largest absolute Gasteiger partial charge is 0.319 e. The van der Waals surface area contributed by atoms with Crippen LogP contribution in [0.5, 0.6) is 0 Å². The lowest BCUT2D eigenvalue weighted by Gasteiger charge is -2.29. The van der Waals surface area contributed by atoms with E-state index >= 15 is 0 Å². The molecule has 0 N–H and O–H groups in total. The van der Waals surface area contributed by atoms with Gasteiger partial charge in [0.2, 0.25) is 0 Å². The second kappa shape index (κ2) is 7.79. The topological polar surface area (TPSA) is 71.7 Å². The number of rotatable bonds is 3. The Morgan fingerprint density at radius 1 is 1.28 bits per heavy atom. The van der Waals surface area contributed by atoms with Crippen molar-refractivity contribution in [2.24, 2.45) is 18.0 Å². The van der Waals surface area contributed by atoms with Gasteiger partial charge in [0, 0.05) is 20.1 Å². The van der Waals surface area contributed by atoms with Gasteiger partial charge in [-0.1, -0.05) is 23.5 Å². The summed E-state index contributed by atoms with van der Waals surface area (Å²) in [6, 6.07) is 7.56. The zero-order chi connectivity index (χ0) is 20.8. The van der Waals surface area contributed by atoms with Crippen molar-refractivity contribution in [2.45, 2.75) is 30.9 Å². The first-order valence-electron chi connectivity index (χ1n) is 9.46. The number of thiophene rings is 1. The highest BCUT2D eigenvalue weighted by Crippen LogP contribution is 2.27. The van der Waals surface area contributed by atoms with Crippen LogP contribution in [0.15, 0.2) is 38.8 Å². The number of carbonyl (C=O) groups excluding carboxylic acids is 1. The molecule has 1 atom stereocenters. The molecule has 3 heterocycles. The van der Waals surface area contributed by atoms with Crippen LogP contribution in [0.1, 0.15) is 24.0 Å². The standard InChI is InChI=1S/C20H23N3O3S3/c1-13-10-14(2)18-16(11-13)28-20(22(18)3)21-19(24)15-6-4-8-23(12-15)29(25,26)17-7-5-9-27-17/h5,7,9-11,15H,4,6,8,12H2,1-3H3. The second-order valence-corrected chi connectivity index (χ2v) is 11.6. The Hall–Kier alpha value is -1.81. The lowest BCUT2D eigenvalue weighted by molar-refractivity contribution is -0.122. The molecule has 6 nitrogen and oxygen atoms in total. The molecular formula is C20H23N3O3S3. The molecule has 0 saturated carbocycles. The van der Waals surface area contributed by atoms with Crippen molar-refractivity contribution in [1.82, 2.24) is 8.87 Å². The third-order valence-corrected chi connectivity index (χ3v) is 9.58. The summed E-state index contributed by atoms with van der Waals surface area (Å²) in [6.07, 6.45) is 1.32. The predicted molar refractivity (Wildman–Crippen MR) is 117 cm³/mol. The fourth-order valence-corrected chi connectivity index (χ4v) is 7.74. The number of thiazole rings is 1. The van der Waals surface area contributed by atoms with Crippen LogP contribution in [0.4, 0.5) is 0 Å². The molecule has 9 heteroatoms. The first-order chi connectivity index (χ1) is 13.8. The molecular weight excluding hydrogens is 426 g/mol. The minimum absolute atomic E-state index is 0.190. The number of aromatic nitrogens is 1. The van der Waals surface area contributed by atoms with Crippen LogP contribution >= 0.6 is 22.7 Å². The number of hydrogen-bond acceptors (Lipinski definition) is 5. The van der Waals surface area contributed by atoms with Crippen LogP contribution in [-0.2, 0) is 21.9 Å². The Bertz CT molecular complexity index is 1240. The maximum atomic E-state index is 12.9. The van der Waals surface area contributed by atoms with Gasteiger partial charge >= 0.3 is 0 Å². The molecule has 3 aromatic rings. The van der Waals surface area contributed by atoms with E-state index in [1.807, 2.05) is 11.6 Å². The van der Waals surface area contributed by atoms with Crippen molar-refractivity contribution in [3.05, 3.63) is 45.6 Å². The molecule has 0 spiro atoms. The molecule has 1 aliphatic rings. The fraction of sp³-hybridized carbons (Fsp3) is 0.400. The smallest absolute Gasteiger partial charge is 0.252 e. The highest BCUT2D eigenvalue weighted by Gasteiger charge is 2.33. The molecule has 4 rings (SSSR count). The highest BCUT2D eigenvalue weighted by molar-refractivity contribution is 7.91. The van der Waals surface area contributed by atoms with Crippen LogP contribution in [-0.4, -0.2) is 36.3 Å². The van der Waals surface area contributed by atoms with Gasteiger partial charge in [-0.3, -0.25) is 4.79 Å². The summed E-state index contributed by atoms with van der Waals surface area (Å²) >= 11 is 2.70. The molecule has 0 aliphatic carbocycles. The summed E-state index contributed by atoms with van der Waals surface area (Å²) < 4.78 is 30.4. The van der Waals surface area contributed by atoms with Crippen molar-refractivity contribution >= 4 is 48.8 Å². The van der Waals surface area contributed by atoms with Crippen LogP contribution < -0.4 is 4.80 Å². The third-order valence-electron chi connectivity index (χ3n) is 5.26. The van der Waals surface area contributed by atoms with Crippen molar-refractivity contribution in [2.75, 3.05) is 13.1 Å². The molecule has 1 amide bonds. The molecule has 2 aromatic heterocycles. The molecule has 154 valence electrons. The van der Waals surface area contributed by atoms with Gasteiger partial charge in [-0.2, -0.15) is 9.30 Å². The Labute approximate surface area is 178 Å². The molecule has 1 aliphatic heterocycles. The second-order valence-electron chi connectivity index (χ2n) is 7.46. The monoisotopic (exact) mass is 449 g/mol.